The lowest BCUT2D eigenvalue weighted by atomic mass is 9.82. The number of aliphatic carboxylic acids is 1. The van der Waals surface area contributed by atoms with Gasteiger partial charge in [-0.3, -0.25) is 4.79 Å². The van der Waals surface area contributed by atoms with E-state index < -0.39 is 5.97 Å². The van der Waals surface area contributed by atoms with Gasteiger partial charge in [-0.15, -0.1) is 0 Å². The van der Waals surface area contributed by atoms with Crippen molar-refractivity contribution >= 4 is 11.9 Å². The zero-order valence-electron chi connectivity index (χ0n) is 12.2. The van der Waals surface area contributed by atoms with E-state index in [1.807, 2.05) is 19.4 Å². The SMILES string of the molecule is CCc1cnc(N(C)CC2CCC(C(=O)O)CC2)nc1. The van der Waals surface area contributed by atoms with Gasteiger partial charge in [-0.25, -0.2) is 9.97 Å². The predicted octanol–water partition coefficient (Wildman–Crippen LogP) is 2.37. The van der Waals surface area contributed by atoms with E-state index in [0.717, 1.165) is 50.2 Å². The van der Waals surface area contributed by atoms with Gasteiger partial charge >= 0.3 is 5.97 Å². The highest BCUT2D eigenvalue weighted by Gasteiger charge is 2.26. The highest BCUT2D eigenvalue weighted by molar-refractivity contribution is 5.70. The quantitative estimate of drug-likeness (QED) is 0.895. The van der Waals surface area contributed by atoms with Crippen molar-refractivity contribution in [2.24, 2.45) is 11.8 Å². The Labute approximate surface area is 120 Å². The third-order valence-electron chi connectivity index (χ3n) is 4.17. The molecule has 1 aromatic rings. The zero-order valence-corrected chi connectivity index (χ0v) is 12.2. The van der Waals surface area contributed by atoms with Crippen molar-refractivity contribution in [1.29, 1.82) is 0 Å². The molecule has 0 unspecified atom stereocenters. The van der Waals surface area contributed by atoms with Gasteiger partial charge in [0.25, 0.3) is 0 Å². The number of anilines is 1. The number of nitrogens with zero attached hydrogens (tertiary/aromatic N) is 3. The van der Waals surface area contributed by atoms with Gasteiger partial charge in [-0.05, 0) is 43.6 Å². The molecule has 1 saturated carbocycles. The van der Waals surface area contributed by atoms with Crippen LogP contribution in [-0.4, -0.2) is 34.6 Å². The minimum Gasteiger partial charge on any atom is -0.481 e. The highest BCUT2D eigenvalue weighted by Crippen LogP contribution is 2.29. The van der Waals surface area contributed by atoms with E-state index in [1.165, 1.54) is 0 Å². The maximum Gasteiger partial charge on any atom is 0.306 e. The summed E-state index contributed by atoms with van der Waals surface area (Å²) in [7, 11) is 2.00. The topological polar surface area (TPSA) is 66.3 Å². The van der Waals surface area contributed by atoms with Crippen LogP contribution in [-0.2, 0) is 11.2 Å². The first kappa shape index (κ1) is 14.8. The maximum atomic E-state index is 10.9. The lowest BCUT2D eigenvalue weighted by Gasteiger charge is -2.29. The molecule has 0 spiro atoms. The van der Waals surface area contributed by atoms with Gasteiger partial charge in [0.15, 0.2) is 0 Å². The van der Waals surface area contributed by atoms with Gasteiger partial charge < -0.3 is 10.0 Å². The Bertz CT molecular complexity index is 439. The molecule has 0 amide bonds. The van der Waals surface area contributed by atoms with Crippen LogP contribution >= 0.6 is 0 Å². The minimum absolute atomic E-state index is 0.142. The van der Waals surface area contributed by atoms with Gasteiger partial charge in [-0.1, -0.05) is 6.92 Å². The van der Waals surface area contributed by atoms with Crippen LogP contribution in [0.4, 0.5) is 5.95 Å². The molecule has 0 radical (unpaired) electrons. The van der Waals surface area contributed by atoms with Crippen molar-refractivity contribution in [3.05, 3.63) is 18.0 Å². The molecule has 1 aromatic heterocycles. The van der Waals surface area contributed by atoms with Crippen LogP contribution in [0.2, 0.25) is 0 Å². The van der Waals surface area contributed by atoms with Gasteiger partial charge in [0, 0.05) is 26.0 Å². The van der Waals surface area contributed by atoms with Crippen molar-refractivity contribution < 1.29 is 9.90 Å². The molecule has 1 fully saturated rings. The fourth-order valence-corrected chi connectivity index (χ4v) is 2.79. The number of aromatic nitrogens is 2. The largest absolute Gasteiger partial charge is 0.481 e. The average molecular weight is 277 g/mol. The molecule has 0 bridgehead atoms. The molecule has 2 rings (SSSR count). The first-order valence-corrected chi connectivity index (χ1v) is 7.35. The summed E-state index contributed by atoms with van der Waals surface area (Å²) < 4.78 is 0. The van der Waals surface area contributed by atoms with Gasteiger partial charge in [0.05, 0.1) is 5.92 Å². The third-order valence-corrected chi connectivity index (χ3v) is 4.17. The fourth-order valence-electron chi connectivity index (χ4n) is 2.79. The van der Waals surface area contributed by atoms with E-state index in [-0.39, 0.29) is 5.92 Å². The Morgan fingerprint density at radius 3 is 2.40 bits per heavy atom. The summed E-state index contributed by atoms with van der Waals surface area (Å²) in [6.07, 6.45) is 8.25. The van der Waals surface area contributed by atoms with Crippen LogP contribution in [0.25, 0.3) is 0 Å². The molecule has 0 aliphatic heterocycles. The molecule has 1 aliphatic carbocycles. The van der Waals surface area contributed by atoms with Crippen molar-refractivity contribution in [1.82, 2.24) is 9.97 Å². The van der Waals surface area contributed by atoms with Gasteiger partial charge in [0.1, 0.15) is 0 Å². The van der Waals surface area contributed by atoms with Crippen LogP contribution < -0.4 is 4.90 Å². The zero-order chi connectivity index (χ0) is 14.5. The van der Waals surface area contributed by atoms with E-state index in [0.29, 0.717) is 5.92 Å². The molecule has 1 aliphatic rings. The summed E-state index contributed by atoms with van der Waals surface area (Å²) in [5.41, 5.74) is 1.14. The molecule has 5 heteroatoms. The van der Waals surface area contributed by atoms with Crippen molar-refractivity contribution in [3.8, 4) is 0 Å². The van der Waals surface area contributed by atoms with E-state index in [9.17, 15) is 4.79 Å². The van der Waals surface area contributed by atoms with Gasteiger partial charge in [0.2, 0.25) is 5.95 Å². The Morgan fingerprint density at radius 1 is 1.30 bits per heavy atom. The minimum atomic E-state index is -0.643. The summed E-state index contributed by atoms with van der Waals surface area (Å²) >= 11 is 0. The summed E-state index contributed by atoms with van der Waals surface area (Å²) in [6.45, 7) is 2.99. The second-order valence-electron chi connectivity index (χ2n) is 5.68. The Balaban J connectivity index is 1.85. The number of rotatable bonds is 5. The average Bonchev–Trinajstić information content (AvgIpc) is 2.48. The summed E-state index contributed by atoms with van der Waals surface area (Å²) in [6, 6.07) is 0. The van der Waals surface area contributed by atoms with E-state index in [1.54, 1.807) is 0 Å². The van der Waals surface area contributed by atoms with Crippen LogP contribution in [0.1, 0.15) is 38.2 Å². The lowest BCUT2D eigenvalue weighted by molar-refractivity contribution is -0.143. The molecule has 0 saturated heterocycles. The van der Waals surface area contributed by atoms with E-state index >= 15 is 0 Å². The molecule has 20 heavy (non-hydrogen) atoms. The van der Waals surface area contributed by atoms with Crippen LogP contribution in [0.15, 0.2) is 12.4 Å². The molecular weight excluding hydrogens is 254 g/mol. The molecular formula is C15H23N3O2. The Hall–Kier alpha value is -1.65. The normalized spacial score (nSPS) is 22.5. The standard InChI is InChI=1S/C15H23N3O2/c1-3-11-8-16-15(17-9-11)18(2)10-12-4-6-13(7-5-12)14(19)20/h8-9,12-13H,3-7,10H2,1-2H3,(H,19,20). The molecule has 110 valence electrons. The number of carboxylic acids is 1. The molecule has 5 nitrogen and oxygen atoms in total. The predicted molar refractivity (Wildman–Crippen MR) is 77.8 cm³/mol. The van der Waals surface area contributed by atoms with Crippen LogP contribution in [0.5, 0.6) is 0 Å². The lowest BCUT2D eigenvalue weighted by Crippen LogP contribution is -2.31. The fraction of sp³-hybridized carbons (Fsp3) is 0.667. The first-order valence-electron chi connectivity index (χ1n) is 7.35. The molecule has 0 aromatic carbocycles. The second kappa shape index (κ2) is 6.68. The smallest absolute Gasteiger partial charge is 0.306 e. The Morgan fingerprint density at radius 2 is 1.90 bits per heavy atom. The summed E-state index contributed by atoms with van der Waals surface area (Å²) in [5, 5.41) is 9.00. The van der Waals surface area contributed by atoms with E-state index in [4.69, 9.17) is 5.11 Å². The number of hydrogen-bond donors (Lipinski definition) is 1. The molecule has 0 atom stereocenters. The number of hydrogen-bond acceptors (Lipinski definition) is 4. The van der Waals surface area contributed by atoms with Crippen molar-refractivity contribution in [2.45, 2.75) is 39.0 Å². The molecule has 1 heterocycles. The number of aryl methyl sites for hydroxylation is 1. The third kappa shape index (κ3) is 3.68. The Kier molecular flexibility index (Phi) is 4.93. The monoisotopic (exact) mass is 277 g/mol. The summed E-state index contributed by atoms with van der Waals surface area (Å²) in [4.78, 5) is 21.8. The maximum absolute atomic E-state index is 10.9. The number of carbonyl (C=O) groups is 1. The number of carboxylic acid groups (broad SMARTS) is 1. The van der Waals surface area contributed by atoms with Crippen LogP contribution in [0.3, 0.4) is 0 Å². The van der Waals surface area contributed by atoms with Crippen LogP contribution in [0, 0.1) is 11.8 Å². The second-order valence-corrected chi connectivity index (χ2v) is 5.68. The van der Waals surface area contributed by atoms with Gasteiger partial charge in [-0.2, -0.15) is 0 Å². The first-order chi connectivity index (χ1) is 9.60. The van der Waals surface area contributed by atoms with E-state index in [2.05, 4.69) is 21.8 Å². The highest BCUT2D eigenvalue weighted by atomic mass is 16.4. The molecule has 1 N–H and O–H groups in total. The van der Waals surface area contributed by atoms with Crippen molar-refractivity contribution in [3.63, 3.8) is 0 Å². The van der Waals surface area contributed by atoms with Crippen molar-refractivity contribution in [2.75, 3.05) is 18.5 Å². The summed E-state index contributed by atoms with van der Waals surface area (Å²) in [5.74, 6) is 0.513.